The van der Waals surface area contributed by atoms with Crippen molar-refractivity contribution in [3.05, 3.63) is 54.1 Å². The maximum atomic E-state index is 5.86. The van der Waals surface area contributed by atoms with Crippen LogP contribution in [0.4, 0.5) is 5.69 Å². The first-order valence-corrected chi connectivity index (χ1v) is 8.94. The second kappa shape index (κ2) is 9.86. The van der Waals surface area contributed by atoms with E-state index in [1.807, 2.05) is 30.3 Å². The molecule has 0 saturated heterocycles. The highest BCUT2D eigenvalue weighted by Gasteiger charge is 2.04. The fourth-order valence-corrected chi connectivity index (χ4v) is 2.26. The summed E-state index contributed by atoms with van der Waals surface area (Å²) in [4.78, 5) is 0. The normalized spacial score (nSPS) is 11.8. The molecule has 0 aliphatic carbocycles. The van der Waals surface area contributed by atoms with Crippen molar-refractivity contribution >= 4 is 5.69 Å². The second-order valence-electron chi connectivity index (χ2n) is 6.03. The van der Waals surface area contributed by atoms with E-state index in [4.69, 9.17) is 9.47 Å². The van der Waals surface area contributed by atoms with Crippen molar-refractivity contribution in [1.29, 1.82) is 0 Å². The van der Waals surface area contributed by atoms with E-state index in [2.05, 4.69) is 44.3 Å². The zero-order valence-corrected chi connectivity index (χ0v) is 15.0. The van der Waals surface area contributed by atoms with Gasteiger partial charge in [-0.3, -0.25) is 0 Å². The van der Waals surface area contributed by atoms with Crippen LogP contribution in [0.25, 0.3) is 0 Å². The summed E-state index contributed by atoms with van der Waals surface area (Å²) in [6, 6.07) is 16.4. The minimum Gasteiger partial charge on any atom is -0.491 e. The first-order valence-electron chi connectivity index (χ1n) is 8.94. The van der Waals surface area contributed by atoms with E-state index in [9.17, 15) is 0 Å². The van der Waals surface area contributed by atoms with Gasteiger partial charge in [0.25, 0.3) is 0 Å². The van der Waals surface area contributed by atoms with E-state index in [0.29, 0.717) is 0 Å². The maximum Gasteiger partial charge on any atom is 0.142 e. The Kier molecular flexibility index (Phi) is 7.47. The first kappa shape index (κ1) is 18.2. The third-order valence-electron chi connectivity index (χ3n) is 3.96. The third kappa shape index (κ3) is 5.80. The average Bonchev–Trinajstić information content (AvgIpc) is 2.62. The standard InChI is InChI=1S/C21H29NO2/c1-4-6-15-23-21-10-8-7-9-20(21)22-16-18-11-13-19(14-12-18)24-17(3)5-2/h7-14,17,22H,4-6,15-16H2,1-3H3. The fraction of sp³-hybridized carbons (Fsp3) is 0.429. The van der Waals surface area contributed by atoms with Crippen molar-refractivity contribution in [3.63, 3.8) is 0 Å². The zero-order chi connectivity index (χ0) is 17.2. The Morgan fingerprint density at radius 3 is 2.46 bits per heavy atom. The van der Waals surface area contributed by atoms with Gasteiger partial charge in [-0.25, -0.2) is 0 Å². The predicted molar refractivity (Wildman–Crippen MR) is 101 cm³/mol. The number of unbranched alkanes of at least 4 members (excludes halogenated alkanes) is 1. The summed E-state index contributed by atoms with van der Waals surface area (Å²) in [7, 11) is 0. The number of ether oxygens (including phenoxy) is 2. The highest BCUT2D eigenvalue weighted by Crippen LogP contribution is 2.25. The molecular weight excluding hydrogens is 298 g/mol. The lowest BCUT2D eigenvalue weighted by atomic mass is 10.2. The number of benzene rings is 2. The summed E-state index contributed by atoms with van der Waals surface area (Å²) in [6.45, 7) is 7.91. The molecule has 3 nitrogen and oxygen atoms in total. The van der Waals surface area contributed by atoms with E-state index in [-0.39, 0.29) is 6.10 Å². The van der Waals surface area contributed by atoms with Crippen LogP contribution in [0.2, 0.25) is 0 Å². The topological polar surface area (TPSA) is 30.5 Å². The first-order chi connectivity index (χ1) is 11.7. The molecule has 130 valence electrons. The van der Waals surface area contributed by atoms with Gasteiger partial charge in [0.05, 0.1) is 18.4 Å². The molecule has 24 heavy (non-hydrogen) atoms. The van der Waals surface area contributed by atoms with E-state index >= 15 is 0 Å². The molecular formula is C21H29NO2. The molecule has 1 N–H and O–H groups in total. The van der Waals surface area contributed by atoms with Crippen molar-refractivity contribution in [2.75, 3.05) is 11.9 Å². The molecule has 2 aromatic rings. The van der Waals surface area contributed by atoms with Gasteiger partial charge in [-0.15, -0.1) is 0 Å². The van der Waals surface area contributed by atoms with E-state index in [1.54, 1.807) is 0 Å². The maximum absolute atomic E-state index is 5.86. The number of nitrogens with one attached hydrogen (secondary N) is 1. The molecule has 0 heterocycles. The Labute approximate surface area is 146 Å². The largest absolute Gasteiger partial charge is 0.491 e. The van der Waals surface area contributed by atoms with Crippen LogP contribution >= 0.6 is 0 Å². The molecule has 0 amide bonds. The van der Waals surface area contributed by atoms with Gasteiger partial charge in [0.15, 0.2) is 0 Å². The predicted octanol–water partition coefficient (Wildman–Crippen LogP) is 5.65. The zero-order valence-electron chi connectivity index (χ0n) is 15.0. The monoisotopic (exact) mass is 327 g/mol. The summed E-state index contributed by atoms with van der Waals surface area (Å²) >= 11 is 0. The van der Waals surface area contributed by atoms with Crippen molar-refractivity contribution in [2.24, 2.45) is 0 Å². The van der Waals surface area contributed by atoms with Crippen LogP contribution in [-0.2, 0) is 6.54 Å². The van der Waals surface area contributed by atoms with E-state index in [0.717, 1.165) is 49.6 Å². The Morgan fingerprint density at radius 2 is 1.75 bits per heavy atom. The molecule has 0 aliphatic rings. The molecule has 1 unspecified atom stereocenters. The minimum atomic E-state index is 0.251. The molecule has 0 spiro atoms. The molecule has 0 fully saturated rings. The van der Waals surface area contributed by atoms with Crippen LogP contribution in [0.15, 0.2) is 48.5 Å². The van der Waals surface area contributed by atoms with Gasteiger partial charge >= 0.3 is 0 Å². The lowest BCUT2D eigenvalue weighted by Gasteiger charge is -2.14. The number of hydrogen-bond acceptors (Lipinski definition) is 3. The van der Waals surface area contributed by atoms with Crippen LogP contribution < -0.4 is 14.8 Å². The summed E-state index contributed by atoms with van der Waals surface area (Å²) in [5.41, 5.74) is 2.25. The molecule has 2 rings (SSSR count). The molecule has 0 aliphatic heterocycles. The minimum absolute atomic E-state index is 0.251. The van der Waals surface area contributed by atoms with Crippen LogP contribution in [0.3, 0.4) is 0 Å². The Morgan fingerprint density at radius 1 is 1.00 bits per heavy atom. The third-order valence-corrected chi connectivity index (χ3v) is 3.96. The smallest absolute Gasteiger partial charge is 0.142 e. The molecule has 3 heteroatoms. The van der Waals surface area contributed by atoms with Gasteiger partial charge in [0, 0.05) is 6.54 Å². The molecule has 0 bridgehead atoms. The highest BCUT2D eigenvalue weighted by molar-refractivity contribution is 5.56. The van der Waals surface area contributed by atoms with E-state index in [1.165, 1.54) is 5.56 Å². The molecule has 0 radical (unpaired) electrons. The van der Waals surface area contributed by atoms with E-state index < -0.39 is 0 Å². The van der Waals surface area contributed by atoms with Gasteiger partial charge in [-0.1, -0.05) is 44.5 Å². The molecule has 0 saturated carbocycles. The second-order valence-corrected chi connectivity index (χ2v) is 6.03. The Hall–Kier alpha value is -2.16. The molecule has 1 atom stereocenters. The van der Waals surface area contributed by atoms with Crippen LogP contribution in [0, 0.1) is 0 Å². The van der Waals surface area contributed by atoms with Crippen molar-refractivity contribution in [3.8, 4) is 11.5 Å². The van der Waals surface area contributed by atoms with Crippen LogP contribution in [0.1, 0.15) is 45.6 Å². The number of anilines is 1. The lowest BCUT2D eigenvalue weighted by Crippen LogP contribution is -2.09. The van der Waals surface area contributed by atoms with Gasteiger partial charge in [-0.05, 0) is 49.6 Å². The number of hydrogen-bond donors (Lipinski definition) is 1. The van der Waals surface area contributed by atoms with Crippen LogP contribution in [0.5, 0.6) is 11.5 Å². The van der Waals surface area contributed by atoms with Crippen molar-refractivity contribution in [1.82, 2.24) is 0 Å². The SMILES string of the molecule is CCCCOc1ccccc1NCc1ccc(OC(C)CC)cc1. The van der Waals surface area contributed by atoms with Gasteiger partial charge < -0.3 is 14.8 Å². The van der Waals surface area contributed by atoms with Gasteiger partial charge in [0.2, 0.25) is 0 Å². The Balaban J connectivity index is 1.91. The summed E-state index contributed by atoms with van der Waals surface area (Å²) in [5.74, 6) is 1.85. The quantitative estimate of drug-likeness (QED) is 0.572. The summed E-state index contributed by atoms with van der Waals surface area (Å²) < 4.78 is 11.7. The Bertz CT molecular complexity index is 595. The summed E-state index contributed by atoms with van der Waals surface area (Å²) in [5, 5.41) is 3.46. The average molecular weight is 327 g/mol. The fourth-order valence-electron chi connectivity index (χ4n) is 2.26. The van der Waals surface area contributed by atoms with Gasteiger partial charge in [0.1, 0.15) is 11.5 Å². The van der Waals surface area contributed by atoms with Gasteiger partial charge in [-0.2, -0.15) is 0 Å². The van der Waals surface area contributed by atoms with Crippen molar-refractivity contribution in [2.45, 2.75) is 52.7 Å². The lowest BCUT2D eigenvalue weighted by molar-refractivity contribution is 0.217. The van der Waals surface area contributed by atoms with Crippen LogP contribution in [-0.4, -0.2) is 12.7 Å². The van der Waals surface area contributed by atoms with Crippen molar-refractivity contribution < 1.29 is 9.47 Å². The highest BCUT2D eigenvalue weighted by atomic mass is 16.5. The summed E-state index contributed by atoms with van der Waals surface area (Å²) in [6.07, 6.45) is 3.48. The molecule has 2 aromatic carbocycles. The molecule has 0 aromatic heterocycles. The number of rotatable bonds is 10. The number of para-hydroxylation sites is 2.